The number of rotatable bonds is 2. The lowest BCUT2D eigenvalue weighted by atomic mass is 9.93. The Hall–Kier alpha value is -0.770. The Kier molecular flexibility index (Phi) is 2.40. The van der Waals surface area contributed by atoms with Gasteiger partial charge in [0, 0.05) is 26.2 Å². The predicted octanol–water partition coefficient (Wildman–Crippen LogP) is 0.152. The molecule has 0 spiro atoms. The average Bonchev–Trinajstić information content (AvgIpc) is 1.92. The fraction of sp³-hybridized carbons (Fsp3) is 0.889. The molecular formula is C9H17N3O. The summed E-state index contributed by atoms with van der Waals surface area (Å²) < 4.78 is 0. The molecule has 2 amide bonds. The number of hydrogen-bond donors (Lipinski definition) is 2. The van der Waals surface area contributed by atoms with Gasteiger partial charge in [-0.1, -0.05) is 0 Å². The minimum absolute atomic E-state index is 0.0937. The SMILES string of the molecule is CN(C(=O)NC1CCC1)C1CNC1. The molecule has 0 aromatic heterocycles. The van der Waals surface area contributed by atoms with E-state index in [-0.39, 0.29) is 6.03 Å². The predicted molar refractivity (Wildman–Crippen MR) is 50.6 cm³/mol. The van der Waals surface area contributed by atoms with Gasteiger partial charge in [-0.3, -0.25) is 0 Å². The molecule has 0 unspecified atom stereocenters. The van der Waals surface area contributed by atoms with Crippen molar-refractivity contribution in [1.82, 2.24) is 15.5 Å². The molecule has 0 aromatic carbocycles. The Balaban J connectivity index is 1.74. The molecule has 4 heteroatoms. The lowest BCUT2D eigenvalue weighted by Gasteiger charge is -2.37. The van der Waals surface area contributed by atoms with Crippen molar-refractivity contribution in [2.24, 2.45) is 0 Å². The van der Waals surface area contributed by atoms with Gasteiger partial charge in [-0.05, 0) is 19.3 Å². The van der Waals surface area contributed by atoms with E-state index in [2.05, 4.69) is 10.6 Å². The van der Waals surface area contributed by atoms with Crippen LogP contribution in [0.2, 0.25) is 0 Å². The summed E-state index contributed by atoms with van der Waals surface area (Å²) in [4.78, 5) is 13.4. The molecule has 2 rings (SSSR count). The molecule has 2 N–H and O–H groups in total. The molecule has 74 valence electrons. The molecule has 1 heterocycles. The second-order valence-corrected chi connectivity index (χ2v) is 4.00. The van der Waals surface area contributed by atoms with Crippen LogP contribution in [0.5, 0.6) is 0 Å². The van der Waals surface area contributed by atoms with E-state index in [1.807, 2.05) is 11.9 Å². The highest BCUT2D eigenvalue weighted by atomic mass is 16.2. The van der Waals surface area contributed by atoms with Gasteiger partial charge in [-0.2, -0.15) is 0 Å². The monoisotopic (exact) mass is 183 g/mol. The Morgan fingerprint density at radius 1 is 1.46 bits per heavy atom. The molecule has 13 heavy (non-hydrogen) atoms. The van der Waals surface area contributed by atoms with Gasteiger partial charge in [-0.15, -0.1) is 0 Å². The van der Waals surface area contributed by atoms with Gasteiger partial charge in [0.2, 0.25) is 0 Å². The van der Waals surface area contributed by atoms with E-state index in [1.165, 1.54) is 6.42 Å². The van der Waals surface area contributed by atoms with Crippen molar-refractivity contribution < 1.29 is 4.79 Å². The number of urea groups is 1. The minimum Gasteiger partial charge on any atom is -0.335 e. The summed E-state index contributed by atoms with van der Waals surface area (Å²) >= 11 is 0. The zero-order valence-electron chi connectivity index (χ0n) is 8.05. The van der Waals surface area contributed by atoms with Gasteiger partial charge >= 0.3 is 6.03 Å². The van der Waals surface area contributed by atoms with Crippen LogP contribution in [0.1, 0.15) is 19.3 Å². The molecule has 4 nitrogen and oxygen atoms in total. The highest BCUT2D eigenvalue weighted by molar-refractivity contribution is 5.74. The van der Waals surface area contributed by atoms with Crippen LogP contribution in [0.15, 0.2) is 0 Å². The normalized spacial score (nSPS) is 23.2. The van der Waals surface area contributed by atoms with Crippen LogP contribution < -0.4 is 10.6 Å². The fourth-order valence-electron chi connectivity index (χ4n) is 1.54. The van der Waals surface area contributed by atoms with Crippen molar-refractivity contribution in [3.63, 3.8) is 0 Å². The van der Waals surface area contributed by atoms with E-state index >= 15 is 0 Å². The number of hydrogen-bond acceptors (Lipinski definition) is 2. The highest BCUT2D eigenvalue weighted by Gasteiger charge is 2.27. The topological polar surface area (TPSA) is 44.4 Å². The molecule has 0 aromatic rings. The maximum absolute atomic E-state index is 11.6. The van der Waals surface area contributed by atoms with E-state index < -0.39 is 0 Å². The molecule has 2 fully saturated rings. The Morgan fingerprint density at radius 3 is 2.54 bits per heavy atom. The van der Waals surface area contributed by atoms with E-state index in [1.54, 1.807) is 0 Å². The van der Waals surface area contributed by atoms with Crippen LogP contribution >= 0.6 is 0 Å². The molecule has 1 aliphatic carbocycles. The maximum atomic E-state index is 11.6. The number of amides is 2. The third kappa shape index (κ3) is 1.77. The molecule has 0 atom stereocenters. The van der Waals surface area contributed by atoms with Crippen LogP contribution in [0, 0.1) is 0 Å². The van der Waals surface area contributed by atoms with E-state index in [9.17, 15) is 4.79 Å². The van der Waals surface area contributed by atoms with Crippen molar-refractivity contribution in [3.8, 4) is 0 Å². The van der Waals surface area contributed by atoms with E-state index in [0.29, 0.717) is 12.1 Å². The van der Waals surface area contributed by atoms with Crippen molar-refractivity contribution in [2.75, 3.05) is 20.1 Å². The first-order chi connectivity index (χ1) is 6.27. The Labute approximate surface area is 78.7 Å². The second kappa shape index (κ2) is 3.54. The van der Waals surface area contributed by atoms with E-state index in [0.717, 1.165) is 25.9 Å². The van der Waals surface area contributed by atoms with Gasteiger partial charge in [0.1, 0.15) is 0 Å². The smallest absolute Gasteiger partial charge is 0.317 e. The summed E-state index contributed by atoms with van der Waals surface area (Å²) in [6.45, 7) is 1.88. The van der Waals surface area contributed by atoms with Crippen molar-refractivity contribution >= 4 is 6.03 Å². The van der Waals surface area contributed by atoms with Crippen molar-refractivity contribution in [2.45, 2.75) is 31.3 Å². The van der Waals surface area contributed by atoms with E-state index in [4.69, 9.17) is 0 Å². The van der Waals surface area contributed by atoms with Gasteiger partial charge < -0.3 is 15.5 Å². The van der Waals surface area contributed by atoms with Gasteiger partial charge in [0.05, 0.1) is 6.04 Å². The molecule has 2 aliphatic rings. The Morgan fingerprint density at radius 2 is 2.15 bits per heavy atom. The van der Waals surface area contributed by atoms with Crippen LogP contribution in [0.3, 0.4) is 0 Å². The zero-order valence-corrected chi connectivity index (χ0v) is 8.05. The van der Waals surface area contributed by atoms with Crippen LogP contribution in [0.25, 0.3) is 0 Å². The number of carbonyl (C=O) groups excluding carboxylic acids is 1. The first-order valence-electron chi connectivity index (χ1n) is 5.01. The fourth-order valence-corrected chi connectivity index (χ4v) is 1.54. The standard InChI is InChI=1S/C9H17N3O/c1-12(8-5-10-6-8)9(13)11-7-3-2-4-7/h7-8,10H,2-6H2,1H3,(H,11,13). The summed E-state index contributed by atoms with van der Waals surface area (Å²) in [7, 11) is 1.87. The number of carbonyl (C=O) groups is 1. The number of nitrogens with zero attached hydrogens (tertiary/aromatic N) is 1. The van der Waals surface area contributed by atoms with Gasteiger partial charge in [0.15, 0.2) is 0 Å². The molecule has 1 saturated carbocycles. The molecule has 1 saturated heterocycles. The van der Waals surface area contributed by atoms with Gasteiger partial charge in [0.25, 0.3) is 0 Å². The summed E-state index contributed by atoms with van der Waals surface area (Å²) in [6.07, 6.45) is 3.57. The summed E-state index contributed by atoms with van der Waals surface area (Å²) in [5.74, 6) is 0. The summed E-state index contributed by atoms with van der Waals surface area (Å²) in [5.41, 5.74) is 0. The van der Waals surface area contributed by atoms with Crippen LogP contribution in [-0.2, 0) is 0 Å². The third-order valence-corrected chi connectivity index (χ3v) is 3.06. The Bertz CT molecular complexity index is 199. The van der Waals surface area contributed by atoms with Gasteiger partial charge in [-0.25, -0.2) is 4.79 Å². The third-order valence-electron chi connectivity index (χ3n) is 3.06. The highest BCUT2D eigenvalue weighted by Crippen LogP contribution is 2.18. The molecule has 0 radical (unpaired) electrons. The molecular weight excluding hydrogens is 166 g/mol. The van der Waals surface area contributed by atoms with Crippen molar-refractivity contribution in [3.05, 3.63) is 0 Å². The van der Waals surface area contributed by atoms with Crippen molar-refractivity contribution in [1.29, 1.82) is 0 Å². The lowest BCUT2D eigenvalue weighted by molar-refractivity contribution is 0.159. The first kappa shape index (κ1) is 8.81. The van der Waals surface area contributed by atoms with Crippen LogP contribution in [-0.4, -0.2) is 43.2 Å². The average molecular weight is 183 g/mol. The summed E-state index contributed by atoms with van der Waals surface area (Å²) in [6, 6.07) is 0.944. The summed E-state index contributed by atoms with van der Waals surface area (Å²) in [5, 5.41) is 6.18. The number of nitrogens with one attached hydrogen (secondary N) is 2. The largest absolute Gasteiger partial charge is 0.335 e. The van der Waals surface area contributed by atoms with Crippen LogP contribution in [0.4, 0.5) is 4.79 Å². The first-order valence-corrected chi connectivity index (χ1v) is 5.01. The maximum Gasteiger partial charge on any atom is 0.317 e. The zero-order chi connectivity index (χ0) is 9.26. The number of likely N-dealkylation sites (N-methyl/N-ethyl adjacent to an activating group) is 1. The minimum atomic E-state index is 0.0937. The second-order valence-electron chi connectivity index (χ2n) is 4.00. The quantitative estimate of drug-likeness (QED) is 0.640. The molecule has 1 aliphatic heterocycles. The molecule has 0 bridgehead atoms. The lowest BCUT2D eigenvalue weighted by Crippen LogP contribution is -2.60.